The molecule has 3 N–H and O–H groups in total. The zero-order valence-electron chi connectivity index (χ0n) is 7.30. The average Bonchev–Trinajstić information content (AvgIpc) is 2.06. The molecule has 1 aromatic carbocycles. The van der Waals surface area contributed by atoms with Crippen LogP contribution in [0.3, 0.4) is 0 Å². The molecule has 0 spiro atoms. The number of carbonyl (C=O) groups is 1. The Morgan fingerprint density at radius 2 is 2.31 bits per heavy atom. The third kappa shape index (κ3) is 3.06. The number of carbonyl (C=O) groups excluding carboxylic acids is 1. The molecule has 0 aliphatic heterocycles. The van der Waals surface area contributed by atoms with Crippen molar-refractivity contribution in [1.82, 2.24) is 0 Å². The normalized spacial score (nSPS) is 9.69. The molecule has 1 amide bonds. The molecule has 3 nitrogen and oxygen atoms in total. The van der Waals surface area contributed by atoms with Gasteiger partial charge in [0.15, 0.2) is 0 Å². The maximum absolute atomic E-state index is 10.5. The minimum absolute atomic E-state index is 0.164. The second-order valence-electron chi connectivity index (χ2n) is 2.78. The van der Waals surface area contributed by atoms with Gasteiger partial charge in [-0.2, -0.15) is 0 Å². The maximum Gasteiger partial charge on any atom is 0.236 e. The Morgan fingerprint density at radius 3 is 2.92 bits per heavy atom. The maximum atomic E-state index is 10.5. The summed E-state index contributed by atoms with van der Waals surface area (Å²) in [5.41, 5.74) is 7.03. The van der Waals surface area contributed by atoms with Gasteiger partial charge in [-0.15, -0.1) is 0 Å². The van der Waals surface area contributed by atoms with Gasteiger partial charge >= 0.3 is 0 Å². The number of halogens is 1. The summed E-state index contributed by atoms with van der Waals surface area (Å²) in [6.07, 6.45) is 0. The van der Waals surface area contributed by atoms with Crippen molar-refractivity contribution in [2.75, 3.05) is 11.9 Å². The quantitative estimate of drug-likeness (QED) is 0.848. The van der Waals surface area contributed by atoms with Crippen molar-refractivity contribution in [2.45, 2.75) is 6.92 Å². The average molecular weight is 243 g/mol. The van der Waals surface area contributed by atoms with E-state index in [2.05, 4.69) is 21.2 Å². The number of anilines is 1. The Hall–Kier alpha value is -1.03. The molecule has 4 heteroatoms. The molecule has 1 rings (SSSR count). The summed E-state index contributed by atoms with van der Waals surface area (Å²) in [7, 11) is 0. The van der Waals surface area contributed by atoms with E-state index in [1.165, 1.54) is 0 Å². The number of aryl methyl sites for hydroxylation is 1. The van der Waals surface area contributed by atoms with E-state index in [1.54, 1.807) is 0 Å². The van der Waals surface area contributed by atoms with Crippen LogP contribution in [-0.4, -0.2) is 12.5 Å². The van der Waals surface area contributed by atoms with Crippen molar-refractivity contribution in [3.63, 3.8) is 0 Å². The molecule has 0 saturated carbocycles. The SMILES string of the molecule is Cc1ccc(Br)cc1NCC(N)=O. The van der Waals surface area contributed by atoms with E-state index in [1.807, 2.05) is 25.1 Å². The predicted molar refractivity (Wildman–Crippen MR) is 56.6 cm³/mol. The lowest BCUT2D eigenvalue weighted by atomic mass is 10.2. The Bertz CT molecular complexity index is 325. The molecule has 70 valence electrons. The number of benzene rings is 1. The first kappa shape index (κ1) is 10.1. The van der Waals surface area contributed by atoms with Crippen molar-refractivity contribution in [1.29, 1.82) is 0 Å². The highest BCUT2D eigenvalue weighted by Gasteiger charge is 1.99. The summed E-state index contributed by atoms with van der Waals surface area (Å²) in [6, 6.07) is 5.83. The molecule has 0 aliphatic carbocycles. The molecule has 0 saturated heterocycles. The third-order valence-electron chi connectivity index (χ3n) is 1.65. The summed E-state index contributed by atoms with van der Waals surface area (Å²) in [5, 5.41) is 2.95. The Labute approximate surface area is 85.4 Å². The molecule has 1 aromatic rings. The van der Waals surface area contributed by atoms with Gasteiger partial charge in [0.2, 0.25) is 5.91 Å². The van der Waals surface area contributed by atoms with Gasteiger partial charge < -0.3 is 11.1 Å². The van der Waals surface area contributed by atoms with Crippen LogP contribution in [0.4, 0.5) is 5.69 Å². The van der Waals surface area contributed by atoms with Gasteiger partial charge in [0.05, 0.1) is 6.54 Å². The van der Waals surface area contributed by atoms with Crippen LogP contribution in [-0.2, 0) is 4.79 Å². The third-order valence-corrected chi connectivity index (χ3v) is 2.15. The highest BCUT2D eigenvalue weighted by Crippen LogP contribution is 2.20. The van der Waals surface area contributed by atoms with Crippen molar-refractivity contribution >= 4 is 27.5 Å². The molecule has 0 atom stereocenters. The van der Waals surface area contributed by atoms with Gasteiger partial charge in [-0.25, -0.2) is 0 Å². The van der Waals surface area contributed by atoms with Crippen molar-refractivity contribution in [3.05, 3.63) is 28.2 Å². The van der Waals surface area contributed by atoms with Gasteiger partial charge in [0.25, 0.3) is 0 Å². The van der Waals surface area contributed by atoms with Crippen LogP contribution in [0.25, 0.3) is 0 Å². The molecular formula is C9H11BrN2O. The molecule has 0 radical (unpaired) electrons. The topological polar surface area (TPSA) is 55.1 Å². The van der Waals surface area contributed by atoms with Crippen LogP contribution in [0.2, 0.25) is 0 Å². The lowest BCUT2D eigenvalue weighted by Crippen LogP contribution is -2.22. The number of hydrogen-bond donors (Lipinski definition) is 2. The molecule has 0 bridgehead atoms. The lowest BCUT2D eigenvalue weighted by Gasteiger charge is -2.07. The van der Waals surface area contributed by atoms with Crippen LogP contribution in [0.1, 0.15) is 5.56 Å². The van der Waals surface area contributed by atoms with Crippen LogP contribution in [0.5, 0.6) is 0 Å². The summed E-state index contributed by atoms with van der Waals surface area (Å²) < 4.78 is 0.977. The molecule has 0 unspecified atom stereocenters. The van der Waals surface area contributed by atoms with Crippen LogP contribution >= 0.6 is 15.9 Å². The van der Waals surface area contributed by atoms with Crippen LogP contribution in [0, 0.1) is 6.92 Å². The number of primary amides is 1. The Kier molecular flexibility index (Phi) is 3.31. The zero-order chi connectivity index (χ0) is 9.84. The minimum Gasteiger partial charge on any atom is -0.376 e. The lowest BCUT2D eigenvalue weighted by molar-refractivity contribution is -0.116. The van der Waals surface area contributed by atoms with Gasteiger partial charge in [-0.1, -0.05) is 22.0 Å². The summed E-state index contributed by atoms with van der Waals surface area (Å²) in [5.74, 6) is -0.362. The Balaban J connectivity index is 2.75. The smallest absolute Gasteiger partial charge is 0.236 e. The second kappa shape index (κ2) is 4.28. The van der Waals surface area contributed by atoms with E-state index in [4.69, 9.17) is 5.73 Å². The highest BCUT2D eigenvalue weighted by atomic mass is 79.9. The van der Waals surface area contributed by atoms with Crippen molar-refractivity contribution < 1.29 is 4.79 Å². The number of nitrogens with one attached hydrogen (secondary N) is 1. The zero-order valence-corrected chi connectivity index (χ0v) is 8.89. The van der Waals surface area contributed by atoms with E-state index in [-0.39, 0.29) is 12.5 Å². The number of nitrogens with two attached hydrogens (primary N) is 1. The van der Waals surface area contributed by atoms with Crippen LogP contribution < -0.4 is 11.1 Å². The van der Waals surface area contributed by atoms with E-state index in [9.17, 15) is 4.79 Å². The highest BCUT2D eigenvalue weighted by molar-refractivity contribution is 9.10. The van der Waals surface area contributed by atoms with E-state index in [0.29, 0.717) is 0 Å². The summed E-state index contributed by atoms with van der Waals surface area (Å²) in [6.45, 7) is 2.13. The van der Waals surface area contributed by atoms with Gasteiger partial charge in [-0.05, 0) is 24.6 Å². The first-order valence-electron chi connectivity index (χ1n) is 3.88. The largest absolute Gasteiger partial charge is 0.376 e. The van der Waals surface area contributed by atoms with Gasteiger partial charge in [0, 0.05) is 10.2 Å². The molecule has 0 heterocycles. The van der Waals surface area contributed by atoms with E-state index < -0.39 is 0 Å². The fourth-order valence-corrected chi connectivity index (χ4v) is 1.33. The molecule has 13 heavy (non-hydrogen) atoms. The summed E-state index contributed by atoms with van der Waals surface area (Å²) in [4.78, 5) is 10.5. The van der Waals surface area contributed by atoms with E-state index in [0.717, 1.165) is 15.7 Å². The predicted octanol–water partition coefficient (Wildman–Crippen LogP) is 1.65. The molecular weight excluding hydrogens is 232 g/mol. The standard InChI is InChI=1S/C9H11BrN2O/c1-6-2-3-7(10)4-8(6)12-5-9(11)13/h2-4,12H,5H2,1H3,(H2,11,13). The van der Waals surface area contributed by atoms with Crippen LogP contribution in [0.15, 0.2) is 22.7 Å². The van der Waals surface area contributed by atoms with E-state index >= 15 is 0 Å². The first-order chi connectivity index (χ1) is 6.09. The molecule has 0 aliphatic rings. The number of rotatable bonds is 3. The number of amides is 1. The van der Waals surface area contributed by atoms with Crippen molar-refractivity contribution in [3.8, 4) is 0 Å². The first-order valence-corrected chi connectivity index (χ1v) is 4.67. The van der Waals surface area contributed by atoms with Crippen molar-refractivity contribution in [2.24, 2.45) is 5.73 Å². The Morgan fingerprint density at radius 1 is 1.62 bits per heavy atom. The number of hydrogen-bond acceptors (Lipinski definition) is 2. The fraction of sp³-hybridized carbons (Fsp3) is 0.222. The minimum atomic E-state index is -0.362. The van der Waals surface area contributed by atoms with Gasteiger partial charge in [-0.3, -0.25) is 4.79 Å². The monoisotopic (exact) mass is 242 g/mol. The molecule has 0 fully saturated rings. The van der Waals surface area contributed by atoms with Gasteiger partial charge in [0.1, 0.15) is 0 Å². The summed E-state index contributed by atoms with van der Waals surface area (Å²) >= 11 is 3.35. The fourth-order valence-electron chi connectivity index (χ4n) is 0.967. The molecule has 0 aromatic heterocycles. The second-order valence-corrected chi connectivity index (χ2v) is 3.69.